The van der Waals surface area contributed by atoms with E-state index in [-0.39, 0.29) is 11.2 Å². The van der Waals surface area contributed by atoms with Crippen LogP contribution in [-0.2, 0) is 5.41 Å². The van der Waals surface area contributed by atoms with Gasteiger partial charge >= 0.3 is 0 Å². The Morgan fingerprint density at radius 3 is 2.45 bits per heavy atom. The first-order valence-electron chi connectivity index (χ1n) is 6.38. The zero-order valence-electron chi connectivity index (χ0n) is 12.1. The molecule has 0 aliphatic heterocycles. The fraction of sp³-hybridized carbons (Fsp3) is 0.333. The van der Waals surface area contributed by atoms with Crippen molar-refractivity contribution in [2.75, 3.05) is 5.43 Å². The summed E-state index contributed by atoms with van der Waals surface area (Å²) in [5, 5.41) is 7.08. The Morgan fingerprint density at radius 1 is 1.25 bits per heavy atom. The number of hydrazone groups is 1. The first-order chi connectivity index (χ1) is 9.36. The minimum Gasteiger partial charge on any atom is -0.252 e. The molecule has 2 rings (SSSR count). The number of anilines is 1. The van der Waals surface area contributed by atoms with Crippen molar-refractivity contribution < 1.29 is 4.39 Å². The van der Waals surface area contributed by atoms with Crippen molar-refractivity contribution >= 4 is 22.2 Å². The molecule has 0 aliphatic carbocycles. The molecule has 0 aliphatic rings. The lowest BCUT2D eigenvalue weighted by atomic mass is 9.93. The minimum atomic E-state index is -0.246. The molecule has 0 spiro atoms. The number of aromatic nitrogens is 1. The highest BCUT2D eigenvalue weighted by atomic mass is 32.1. The van der Waals surface area contributed by atoms with Gasteiger partial charge in [-0.3, -0.25) is 5.43 Å². The molecular weight excluding hydrogens is 273 g/mol. The topological polar surface area (TPSA) is 37.3 Å². The standard InChI is InChI=1S/C15H18FN3S/c1-10(11-5-7-12(16)8-6-11)18-19-14-17-13(9-20-14)15(2,3)4/h5-9H,1-4H3,(H,17,19)/b18-10-. The molecule has 0 bridgehead atoms. The maximum Gasteiger partial charge on any atom is 0.203 e. The van der Waals surface area contributed by atoms with Crippen LogP contribution in [0.3, 0.4) is 0 Å². The maximum atomic E-state index is 12.9. The summed E-state index contributed by atoms with van der Waals surface area (Å²) >= 11 is 1.53. The molecule has 20 heavy (non-hydrogen) atoms. The predicted octanol–water partition coefficient (Wildman–Crippen LogP) is 4.42. The fourth-order valence-corrected chi connectivity index (χ4v) is 2.44. The van der Waals surface area contributed by atoms with E-state index in [4.69, 9.17) is 0 Å². The minimum absolute atomic E-state index is 0.0339. The number of nitrogens with zero attached hydrogens (tertiary/aromatic N) is 2. The van der Waals surface area contributed by atoms with Crippen LogP contribution in [0.25, 0.3) is 0 Å². The van der Waals surface area contributed by atoms with Crippen LogP contribution >= 0.6 is 11.3 Å². The Balaban J connectivity index is 2.09. The molecule has 5 heteroatoms. The van der Waals surface area contributed by atoms with Crippen LogP contribution in [0.5, 0.6) is 0 Å². The van der Waals surface area contributed by atoms with Gasteiger partial charge in [0.25, 0.3) is 0 Å². The summed E-state index contributed by atoms with van der Waals surface area (Å²) in [6.45, 7) is 8.25. The van der Waals surface area contributed by atoms with Crippen LogP contribution in [-0.4, -0.2) is 10.7 Å². The normalized spacial score (nSPS) is 12.6. The smallest absolute Gasteiger partial charge is 0.203 e. The van der Waals surface area contributed by atoms with Gasteiger partial charge in [0.1, 0.15) is 5.82 Å². The van der Waals surface area contributed by atoms with Gasteiger partial charge in [0.2, 0.25) is 5.13 Å². The van der Waals surface area contributed by atoms with Crippen LogP contribution in [0.2, 0.25) is 0 Å². The van der Waals surface area contributed by atoms with E-state index in [0.29, 0.717) is 0 Å². The number of hydrogen-bond donors (Lipinski definition) is 1. The Kier molecular flexibility index (Phi) is 4.18. The molecule has 0 amide bonds. The van der Waals surface area contributed by atoms with Crippen molar-refractivity contribution in [3.63, 3.8) is 0 Å². The molecule has 3 nitrogen and oxygen atoms in total. The summed E-state index contributed by atoms with van der Waals surface area (Å²) in [6.07, 6.45) is 0. The molecule has 2 aromatic rings. The van der Waals surface area contributed by atoms with E-state index >= 15 is 0 Å². The number of rotatable bonds is 3. The van der Waals surface area contributed by atoms with Gasteiger partial charge in [0.05, 0.1) is 11.4 Å². The number of benzene rings is 1. The summed E-state index contributed by atoms with van der Waals surface area (Å²) in [5.74, 6) is -0.246. The predicted molar refractivity (Wildman–Crippen MR) is 83.0 cm³/mol. The molecule has 0 saturated carbocycles. The zero-order valence-corrected chi connectivity index (χ0v) is 12.9. The van der Waals surface area contributed by atoms with Crippen molar-refractivity contribution in [2.24, 2.45) is 5.10 Å². The monoisotopic (exact) mass is 291 g/mol. The third-order valence-corrected chi connectivity index (χ3v) is 3.60. The molecule has 1 N–H and O–H groups in total. The first-order valence-corrected chi connectivity index (χ1v) is 7.26. The quantitative estimate of drug-likeness (QED) is 0.671. The Hall–Kier alpha value is -1.75. The second-order valence-electron chi connectivity index (χ2n) is 5.60. The van der Waals surface area contributed by atoms with Gasteiger partial charge in [0.15, 0.2) is 0 Å². The second kappa shape index (κ2) is 5.71. The molecule has 0 unspecified atom stereocenters. The molecule has 106 valence electrons. The highest BCUT2D eigenvalue weighted by molar-refractivity contribution is 7.13. The van der Waals surface area contributed by atoms with Crippen LogP contribution in [0.4, 0.5) is 9.52 Å². The summed E-state index contributed by atoms with van der Waals surface area (Å²) in [4.78, 5) is 4.50. The first kappa shape index (κ1) is 14.7. The highest BCUT2D eigenvalue weighted by Gasteiger charge is 2.17. The maximum absolute atomic E-state index is 12.9. The van der Waals surface area contributed by atoms with Crippen molar-refractivity contribution in [1.29, 1.82) is 0 Å². The molecule has 1 aromatic carbocycles. The summed E-state index contributed by atoms with van der Waals surface area (Å²) in [5.41, 5.74) is 5.70. The number of nitrogens with one attached hydrogen (secondary N) is 1. The van der Waals surface area contributed by atoms with E-state index in [9.17, 15) is 4.39 Å². The van der Waals surface area contributed by atoms with Gasteiger partial charge in [-0.1, -0.05) is 32.9 Å². The van der Waals surface area contributed by atoms with Gasteiger partial charge in [-0.25, -0.2) is 9.37 Å². The summed E-state index contributed by atoms with van der Waals surface area (Å²) in [7, 11) is 0. The zero-order chi connectivity index (χ0) is 14.8. The molecule has 0 saturated heterocycles. The molecular formula is C15H18FN3S. The molecule has 0 atom stereocenters. The highest BCUT2D eigenvalue weighted by Crippen LogP contribution is 2.26. The third kappa shape index (κ3) is 3.63. The van der Waals surface area contributed by atoms with Gasteiger partial charge in [-0.05, 0) is 24.6 Å². The summed E-state index contributed by atoms with van der Waals surface area (Å²) < 4.78 is 12.9. The van der Waals surface area contributed by atoms with Crippen molar-refractivity contribution in [3.8, 4) is 0 Å². The van der Waals surface area contributed by atoms with Crippen LogP contribution in [0.1, 0.15) is 39.0 Å². The number of halogens is 1. The lowest BCUT2D eigenvalue weighted by molar-refractivity contribution is 0.573. The van der Waals surface area contributed by atoms with E-state index in [1.807, 2.05) is 12.3 Å². The van der Waals surface area contributed by atoms with Crippen LogP contribution in [0.15, 0.2) is 34.7 Å². The second-order valence-corrected chi connectivity index (χ2v) is 6.46. The van der Waals surface area contributed by atoms with Crippen molar-refractivity contribution in [2.45, 2.75) is 33.1 Å². The SMILES string of the molecule is C/C(=N/Nc1nc(C(C)(C)C)cs1)c1ccc(F)cc1. The van der Waals surface area contributed by atoms with Crippen molar-refractivity contribution in [3.05, 3.63) is 46.7 Å². The largest absolute Gasteiger partial charge is 0.252 e. The van der Waals surface area contributed by atoms with Gasteiger partial charge in [-0.15, -0.1) is 11.3 Å². The van der Waals surface area contributed by atoms with E-state index in [1.54, 1.807) is 12.1 Å². The van der Waals surface area contributed by atoms with E-state index in [2.05, 4.69) is 36.3 Å². The fourth-order valence-electron chi connectivity index (χ4n) is 1.56. The lowest BCUT2D eigenvalue weighted by Crippen LogP contribution is -2.11. The molecule has 0 fully saturated rings. The third-order valence-electron chi connectivity index (χ3n) is 2.85. The van der Waals surface area contributed by atoms with Crippen LogP contribution in [0, 0.1) is 5.82 Å². The number of thiazole rings is 1. The number of hydrogen-bond acceptors (Lipinski definition) is 4. The Labute approximate surface area is 122 Å². The van der Waals surface area contributed by atoms with Crippen molar-refractivity contribution in [1.82, 2.24) is 4.98 Å². The van der Waals surface area contributed by atoms with E-state index in [1.165, 1.54) is 23.5 Å². The Morgan fingerprint density at radius 2 is 1.90 bits per heavy atom. The lowest BCUT2D eigenvalue weighted by Gasteiger charge is -2.13. The van der Waals surface area contributed by atoms with Gasteiger partial charge in [0, 0.05) is 10.8 Å². The molecule has 1 heterocycles. The average molecular weight is 291 g/mol. The molecule has 0 radical (unpaired) electrons. The van der Waals surface area contributed by atoms with Crippen LogP contribution < -0.4 is 5.43 Å². The van der Waals surface area contributed by atoms with Gasteiger partial charge in [-0.2, -0.15) is 5.10 Å². The van der Waals surface area contributed by atoms with Gasteiger partial charge < -0.3 is 0 Å². The van der Waals surface area contributed by atoms with E-state index < -0.39 is 0 Å². The van der Waals surface area contributed by atoms with E-state index in [0.717, 1.165) is 22.1 Å². The Bertz CT molecular complexity index is 609. The molecule has 1 aromatic heterocycles. The average Bonchev–Trinajstić information content (AvgIpc) is 2.85. The summed E-state index contributed by atoms with van der Waals surface area (Å²) in [6, 6.07) is 6.27.